The number of ketones is 1. The van der Waals surface area contributed by atoms with Gasteiger partial charge in [0.1, 0.15) is 5.78 Å². The molecular formula is C11H18BrNO2. The second-order valence-corrected chi connectivity index (χ2v) is 4.07. The Morgan fingerprint density at radius 3 is 2.47 bits per heavy atom. The Kier molecular flexibility index (Phi) is 8.28. The summed E-state index contributed by atoms with van der Waals surface area (Å²) in [6.45, 7) is 5.86. The lowest BCUT2D eigenvalue weighted by atomic mass is 10.1. The normalized spacial score (nSPS) is 9.73. The van der Waals surface area contributed by atoms with E-state index in [2.05, 4.69) is 27.8 Å². The van der Waals surface area contributed by atoms with Gasteiger partial charge in [0.05, 0.1) is 0 Å². The number of amides is 1. The quantitative estimate of drug-likeness (QED) is 0.419. The van der Waals surface area contributed by atoms with E-state index >= 15 is 0 Å². The van der Waals surface area contributed by atoms with Gasteiger partial charge < -0.3 is 10.1 Å². The third-order valence-corrected chi connectivity index (χ3v) is 2.65. The molecule has 0 unspecified atom stereocenters. The molecule has 0 heterocycles. The van der Waals surface area contributed by atoms with Crippen LogP contribution >= 0.6 is 15.9 Å². The lowest BCUT2D eigenvalue weighted by molar-refractivity contribution is -0.118. The molecule has 0 saturated heterocycles. The van der Waals surface area contributed by atoms with Gasteiger partial charge in [-0.3, -0.25) is 4.79 Å². The Labute approximate surface area is 99.4 Å². The summed E-state index contributed by atoms with van der Waals surface area (Å²) in [5.41, 5.74) is 0.540. The van der Waals surface area contributed by atoms with Gasteiger partial charge in [0.2, 0.25) is 5.91 Å². The topological polar surface area (TPSA) is 46.2 Å². The SMILES string of the molecule is C=C(CBr)C(=O)NCCCCCC(C)=O. The van der Waals surface area contributed by atoms with Crippen LogP contribution in [0, 0.1) is 0 Å². The lowest BCUT2D eigenvalue weighted by Crippen LogP contribution is -2.26. The van der Waals surface area contributed by atoms with Gasteiger partial charge in [-0.15, -0.1) is 0 Å². The van der Waals surface area contributed by atoms with Crippen molar-refractivity contribution in [2.24, 2.45) is 0 Å². The van der Waals surface area contributed by atoms with Crippen molar-refractivity contribution in [1.29, 1.82) is 0 Å². The minimum absolute atomic E-state index is 0.0987. The number of carbonyl (C=O) groups is 2. The predicted octanol–water partition coefficient (Wildman–Crippen LogP) is 2.20. The van der Waals surface area contributed by atoms with Crippen LogP contribution in [0.5, 0.6) is 0 Å². The van der Waals surface area contributed by atoms with Crippen molar-refractivity contribution in [2.75, 3.05) is 11.9 Å². The number of rotatable bonds is 8. The van der Waals surface area contributed by atoms with E-state index < -0.39 is 0 Å². The number of hydrogen-bond acceptors (Lipinski definition) is 2. The molecule has 0 spiro atoms. The zero-order chi connectivity index (χ0) is 11.7. The maximum absolute atomic E-state index is 11.2. The number of Topliss-reactive ketones (excluding diaryl/α,β-unsaturated/α-hetero) is 1. The summed E-state index contributed by atoms with van der Waals surface area (Å²) in [5.74, 6) is 0.130. The van der Waals surface area contributed by atoms with E-state index in [9.17, 15) is 9.59 Å². The van der Waals surface area contributed by atoms with Crippen LogP contribution in [0.25, 0.3) is 0 Å². The molecule has 0 atom stereocenters. The molecule has 0 aromatic rings. The third kappa shape index (κ3) is 8.36. The van der Waals surface area contributed by atoms with Gasteiger partial charge in [-0.1, -0.05) is 28.9 Å². The van der Waals surface area contributed by atoms with E-state index in [1.807, 2.05) is 0 Å². The van der Waals surface area contributed by atoms with E-state index in [1.54, 1.807) is 6.92 Å². The smallest absolute Gasteiger partial charge is 0.247 e. The van der Waals surface area contributed by atoms with E-state index in [0.717, 1.165) is 19.3 Å². The summed E-state index contributed by atoms with van der Waals surface area (Å²) in [6, 6.07) is 0. The third-order valence-electron chi connectivity index (χ3n) is 1.97. The molecule has 0 aromatic heterocycles. The lowest BCUT2D eigenvalue weighted by Gasteiger charge is -2.04. The van der Waals surface area contributed by atoms with Crippen LogP contribution in [0.1, 0.15) is 32.6 Å². The molecule has 0 aliphatic rings. The number of nitrogens with one attached hydrogen (secondary N) is 1. The molecule has 0 fully saturated rings. The van der Waals surface area contributed by atoms with Gasteiger partial charge >= 0.3 is 0 Å². The van der Waals surface area contributed by atoms with E-state index in [4.69, 9.17) is 0 Å². The fraction of sp³-hybridized carbons (Fsp3) is 0.636. The van der Waals surface area contributed by atoms with Crippen LogP contribution in [0.4, 0.5) is 0 Å². The van der Waals surface area contributed by atoms with Crippen LogP contribution < -0.4 is 5.32 Å². The Bertz CT molecular complexity index is 239. The first kappa shape index (κ1) is 14.4. The van der Waals surface area contributed by atoms with Crippen LogP contribution in [0.15, 0.2) is 12.2 Å². The fourth-order valence-corrected chi connectivity index (χ4v) is 1.32. The first-order chi connectivity index (χ1) is 7.07. The van der Waals surface area contributed by atoms with Gasteiger partial charge in [0.25, 0.3) is 0 Å². The largest absolute Gasteiger partial charge is 0.352 e. The number of halogens is 1. The summed E-state index contributed by atoms with van der Waals surface area (Å²) in [5, 5.41) is 3.27. The van der Waals surface area contributed by atoms with Crippen LogP contribution in [-0.2, 0) is 9.59 Å². The Balaban J connectivity index is 3.35. The first-order valence-electron chi connectivity index (χ1n) is 5.09. The summed E-state index contributed by atoms with van der Waals surface area (Å²) in [7, 11) is 0. The molecular weight excluding hydrogens is 258 g/mol. The molecule has 3 nitrogen and oxygen atoms in total. The molecule has 0 aliphatic carbocycles. The van der Waals surface area contributed by atoms with Gasteiger partial charge in [-0.25, -0.2) is 0 Å². The Morgan fingerprint density at radius 2 is 1.93 bits per heavy atom. The molecule has 0 aromatic carbocycles. The maximum Gasteiger partial charge on any atom is 0.247 e. The van der Waals surface area contributed by atoms with Crippen molar-refractivity contribution in [3.63, 3.8) is 0 Å². The maximum atomic E-state index is 11.2. The second-order valence-electron chi connectivity index (χ2n) is 3.51. The van der Waals surface area contributed by atoms with Crippen molar-refractivity contribution in [3.05, 3.63) is 12.2 Å². The standard InChI is InChI=1S/C11H18BrNO2/c1-9(8-12)11(15)13-7-5-3-4-6-10(2)14/h1,3-8H2,2H3,(H,13,15). The van der Waals surface area contributed by atoms with E-state index in [1.165, 1.54) is 0 Å². The highest BCUT2D eigenvalue weighted by molar-refractivity contribution is 9.09. The highest BCUT2D eigenvalue weighted by Crippen LogP contribution is 2.00. The zero-order valence-corrected chi connectivity index (χ0v) is 10.7. The number of unbranched alkanes of at least 4 members (excludes halogenated alkanes) is 2. The molecule has 0 rings (SSSR count). The van der Waals surface area contributed by atoms with Crippen LogP contribution in [0.3, 0.4) is 0 Å². The number of hydrogen-bond donors (Lipinski definition) is 1. The van der Waals surface area contributed by atoms with Crippen LogP contribution in [-0.4, -0.2) is 23.6 Å². The average molecular weight is 276 g/mol. The van der Waals surface area contributed by atoms with E-state index in [-0.39, 0.29) is 11.7 Å². The highest BCUT2D eigenvalue weighted by atomic mass is 79.9. The monoisotopic (exact) mass is 275 g/mol. The molecule has 0 radical (unpaired) electrons. The summed E-state index contributed by atoms with van der Waals surface area (Å²) < 4.78 is 0. The minimum atomic E-state index is -0.0987. The van der Waals surface area contributed by atoms with Gasteiger partial charge in [-0.2, -0.15) is 0 Å². The van der Waals surface area contributed by atoms with Crippen molar-refractivity contribution in [3.8, 4) is 0 Å². The van der Waals surface area contributed by atoms with Gasteiger partial charge in [0.15, 0.2) is 0 Å². The van der Waals surface area contributed by atoms with Crippen LogP contribution in [0.2, 0.25) is 0 Å². The van der Waals surface area contributed by atoms with Crippen molar-refractivity contribution in [1.82, 2.24) is 5.32 Å². The molecule has 15 heavy (non-hydrogen) atoms. The number of alkyl halides is 1. The molecule has 0 aliphatic heterocycles. The molecule has 86 valence electrons. The molecule has 1 amide bonds. The Hall–Kier alpha value is -0.640. The van der Waals surface area contributed by atoms with Gasteiger partial charge in [-0.05, 0) is 19.8 Å². The summed E-state index contributed by atoms with van der Waals surface area (Å²) >= 11 is 3.17. The van der Waals surface area contributed by atoms with Gasteiger partial charge in [0, 0.05) is 23.9 Å². The van der Waals surface area contributed by atoms with Crippen molar-refractivity contribution >= 4 is 27.6 Å². The summed E-state index contributed by atoms with van der Waals surface area (Å²) in [6.07, 6.45) is 3.43. The molecule has 0 bridgehead atoms. The highest BCUT2D eigenvalue weighted by Gasteiger charge is 2.03. The second kappa shape index (κ2) is 8.65. The summed E-state index contributed by atoms with van der Waals surface area (Å²) in [4.78, 5) is 21.8. The molecule has 0 saturated carbocycles. The average Bonchev–Trinajstić information content (AvgIpc) is 2.21. The first-order valence-corrected chi connectivity index (χ1v) is 6.21. The zero-order valence-electron chi connectivity index (χ0n) is 9.14. The molecule has 1 N–H and O–H groups in total. The fourth-order valence-electron chi connectivity index (χ4n) is 1.06. The predicted molar refractivity (Wildman–Crippen MR) is 65.1 cm³/mol. The minimum Gasteiger partial charge on any atom is -0.352 e. The molecule has 4 heteroatoms. The van der Waals surface area contributed by atoms with Crippen molar-refractivity contribution < 1.29 is 9.59 Å². The Morgan fingerprint density at radius 1 is 1.27 bits per heavy atom. The van der Waals surface area contributed by atoms with E-state index in [0.29, 0.717) is 23.9 Å². The van der Waals surface area contributed by atoms with Crippen molar-refractivity contribution in [2.45, 2.75) is 32.6 Å². The number of carbonyl (C=O) groups excluding carboxylic acids is 2.